The molecule has 132 valence electrons. The lowest BCUT2D eigenvalue weighted by Crippen LogP contribution is -2.50. The average molecular weight is 432 g/mol. The zero-order chi connectivity index (χ0) is 16.7. The van der Waals surface area contributed by atoms with Gasteiger partial charge in [0.2, 0.25) is 0 Å². The summed E-state index contributed by atoms with van der Waals surface area (Å²) in [6, 6.07) is 0. The van der Waals surface area contributed by atoms with E-state index in [1.165, 1.54) is 32.1 Å². The summed E-state index contributed by atoms with van der Waals surface area (Å²) in [4.78, 5) is 12.6. The van der Waals surface area contributed by atoms with Crippen molar-refractivity contribution in [1.29, 1.82) is 0 Å². The molecule has 3 heteroatoms. The molecule has 3 aliphatic carbocycles. The Bertz CT molecular complexity index is 457. The summed E-state index contributed by atoms with van der Waals surface area (Å²) >= 11 is 2.52. The van der Waals surface area contributed by atoms with E-state index in [0.717, 1.165) is 44.9 Å². The first-order chi connectivity index (χ1) is 10.8. The van der Waals surface area contributed by atoms with Crippen LogP contribution >= 0.6 is 22.6 Å². The fraction of sp³-hybridized carbons (Fsp3) is 0.950. The minimum absolute atomic E-state index is 0.0917. The summed E-state index contributed by atoms with van der Waals surface area (Å²) < 4.78 is -0.0917. The number of fused-ring (bicyclic) bond motifs is 1. The molecule has 0 bridgehead atoms. The minimum atomic E-state index is -0.354. The van der Waals surface area contributed by atoms with Crippen molar-refractivity contribution < 1.29 is 9.90 Å². The van der Waals surface area contributed by atoms with Gasteiger partial charge in [-0.25, -0.2) is 0 Å². The van der Waals surface area contributed by atoms with Gasteiger partial charge in [0.15, 0.2) is 0 Å². The summed E-state index contributed by atoms with van der Waals surface area (Å²) in [5.74, 6) is 1.87. The SMILES string of the molecule is C[C@@H](CCCC1(O)CCCC1)C1CC[C@@]2(I)C(=O)CCC[C@]12C. The van der Waals surface area contributed by atoms with E-state index in [1.54, 1.807) is 0 Å². The van der Waals surface area contributed by atoms with Crippen LogP contribution in [0.3, 0.4) is 0 Å². The van der Waals surface area contributed by atoms with Crippen molar-refractivity contribution in [3.05, 3.63) is 0 Å². The highest BCUT2D eigenvalue weighted by atomic mass is 127. The average Bonchev–Trinajstić information content (AvgIpc) is 3.03. The van der Waals surface area contributed by atoms with Crippen molar-refractivity contribution >= 4 is 28.4 Å². The molecule has 0 aromatic rings. The van der Waals surface area contributed by atoms with Crippen LogP contribution in [0, 0.1) is 17.3 Å². The molecule has 3 rings (SSSR count). The molecule has 0 spiro atoms. The Kier molecular flexibility index (Phi) is 5.20. The maximum absolute atomic E-state index is 12.6. The van der Waals surface area contributed by atoms with E-state index in [-0.39, 0.29) is 14.4 Å². The van der Waals surface area contributed by atoms with E-state index in [0.29, 0.717) is 17.6 Å². The fourth-order valence-corrected chi connectivity index (χ4v) is 7.31. The van der Waals surface area contributed by atoms with E-state index in [9.17, 15) is 9.90 Å². The third kappa shape index (κ3) is 3.14. The molecule has 4 atom stereocenters. The van der Waals surface area contributed by atoms with Crippen LogP contribution in [-0.4, -0.2) is 19.9 Å². The molecule has 0 aliphatic heterocycles. The smallest absolute Gasteiger partial charge is 0.149 e. The molecule has 0 radical (unpaired) electrons. The van der Waals surface area contributed by atoms with Crippen molar-refractivity contribution in [3.63, 3.8) is 0 Å². The molecule has 1 unspecified atom stereocenters. The predicted molar refractivity (Wildman–Crippen MR) is 103 cm³/mol. The second kappa shape index (κ2) is 6.59. The summed E-state index contributed by atoms with van der Waals surface area (Å²) in [7, 11) is 0. The second-order valence-corrected chi connectivity index (χ2v) is 10.8. The van der Waals surface area contributed by atoms with Crippen LogP contribution < -0.4 is 0 Å². The van der Waals surface area contributed by atoms with Crippen molar-refractivity contribution in [1.82, 2.24) is 0 Å². The number of ketones is 1. The normalized spacial score (nSPS) is 41.0. The molecule has 0 heterocycles. The van der Waals surface area contributed by atoms with Gasteiger partial charge in [0.1, 0.15) is 5.78 Å². The molecule has 0 amide bonds. The zero-order valence-corrected chi connectivity index (χ0v) is 17.0. The van der Waals surface area contributed by atoms with Gasteiger partial charge in [-0.05, 0) is 62.2 Å². The van der Waals surface area contributed by atoms with Gasteiger partial charge in [0, 0.05) is 6.42 Å². The summed E-state index contributed by atoms with van der Waals surface area (Å²) in [6.07, 6.45) is 13.2. The first-order valence-corrected chi connectivity index (χ1v) is 10.8. The number of alkyl halides is 1. The van der Waals surface area contributed by atoms with Crippen LogP contribution in [0.2, 0.25) is 0 Å². The lowest BCUT2D eigenvalue weighted by molar-refractivity contribution is -0.126. The Morgan fingerprint density at radius 2 is 1.91 bits per heavy atom. The summed E-state index contributed by atoms with van der Waals surface area (Å²) in [6.45, 7) is 4.80. The zero-order valence-electron chi connectivity index (χ0n) is 14.9. The minimum Gasteiger partial charge on any atom is -0.390 e. The van der Waals surface area contributed by atoms with Gasteiger partial charge in [-0.3, -0.25) is 4.79 Å². The van der Waals surface area contributed by atoms with Gasteiger partial charge < -0.3 is 5.11 Å². The number of halogens is 1. The molecule has 23 heavy (non-hydrogen) atoms. The molecular weight excluding hydrogens is 399 g/mol. The number of carbonyl (C=O) groups is 1. The van der Waals surface area contributed by atoms with Gasteiger partial charge in [-0.1, -0.05) is 62.1 Å². The maximum atomic E-state index is 12.6. The number of rotatable bonds is 5. The van der Waals surface area contributed by atoms with Crippen LogP contribution in [-0.2, 0) is 4.79 Å². The summed E-state index contributed by atoms with van der Waals surface area (Å²) in [5.41, 5.74) is -0.153. The Labute approximate surface area is 155 Å². The number of hydrogen-bond acceptors (Lipinski definition) is 2. The van der Waals surface area contributed by atoms with Gasteiger partial charge in [-0.2, -0.15) is 0 Å². The molecule has 2 nitrogen and oxygen atoms in total. The third-order valence-electron chi connectivity index (χ3n) is 7.59. The molecule has 3 saturated carbocycles. The first kappa shape index (κ1) is 18.2. The molecule has 0 aromatic heterocycles. The van der Waals surface area contributed by atoms with E-state index in [2.05, 4.69) is 36.4 Å². The number of Topliss-reactive ketones (excluding diaryl/α,β-unsaturated/α-hetero) is 1. The maximum Gasteiger partial charge on any atom is 0.149 e. The van der Waals surface area contributed by atoms with E-state index in [4.69, 9.17) is 0 Å². The van der Waals surface area contributed by atoms with Gasteiger partial charge in [-0.15, -0.1) is 0 Å². The Morgan fingerprint density at radius 1 is 1.22 bits per heavy atom. The standard InChI is InChI=1S/C20H33IO2/c1-15(7-5-13-19(23)11-3-4-12-19)16-9-14-20(21)17(22)8-6-10-18(16,20)2/h15-16,23H,3-14H2,1-2H3/t15-,16?,18+,20+/m0/s1. The second-order valence-electron chi connectivity index (χ2n) is 8.94. The highest BCUT2D eigenvalue weighted by Gasteiger charge is 2.61. The highest BCUT2D eigenvalue weighted by molar-refractivity contribution is 14.1. The van der Waals surface area contributed by atoms with Gasteiger partial charge in [0.25, 0.3) is 0 Å². The molecule has 0 aromatic carbocycles. The number of hydrogen-bond donors (Lipinski definition) is 1. The summed E-state index contributed by atoms with van der Waals surface area (Å²) in [5, 5.41) is 10.5. The van der Waals surface area contributed by atoms with Crippen molar-refractivity contribution in [3.8, 4) is 0 Å². The molecule has 1 N–H and O–H groups in total. The quantitative estimate of drug-likeness (QED) is 0.464. The van der Waals surface area contributed by atoms with Crippen LogP contribution in [0.15, 0.2) is 0 Å². The Balaban J connectivity index is 1.59. The van der Waals surface area contributed by atoms with Gasteiger partial charge >= 0.3 is 0 Å². The van der Waals surface area contributed by atoms with E-state index < -0.39 is 0 Å². The molecule has 3 fully saturated rings. The van der Waals surface area contributed by atoms with Crippen LogP contribution in [0.5, 0.6) is 0 Å². The van der Waals surface area contributed by atoms with Crippen molar-refractivity contribution in [2.24, 2.45) is 17.3 Å². The molecule has 0 saturated heterocycles. The molecule has 3 aliphatic rings. The number of carbonyl (C=O) groups excluding carboxylic acids is 1. The Morgan fingerprint density at radius 3 is 2.61 bits per heavy atom. The topological polar surface area (TPSA) is 37.3 Å². The predicted octanol–water partition coefficient (Wildman–Crippen LogP) is 5.44. The highest BCUT2D eigenvalue weighted by Crippen LogP contribution is 2.63. The van der Waals surface area contributed by atoms with Crippen LogP contribution in [0.25, 0.3) is 0 Å². The lowest BCUT2D eigenvalue weighted by atomic mass is 9.61. The van der Waals surface area contributed by atoms with Crippen molar-refractivity contribution in [2.45, 2.75) is 99.9 Å². The van der Waals surface area contributed by atoms with Gasteiger partial charge in [0.05, 0.1) is 9.02 Å². The first-order valence-electron chi connectivity index (χ1n) is 9.75. The Hall–Kier alpha value is 0.360. The van der Waals surface area contributed by atoms with Crippen LogP contribution in [0.4, 0.5) is 0 Å². The monoisotopic (exact) mass is 432 g/mol. The fourth-order valence-electron chi connectivity index (χ4n) is 6.06. The van der Waals surface area contributed by atoms with Crippen molar-refractivity contribution in [2.75, 3.05) is 0 Å². The number of aliphatic hydroxyl groups is 1. The van der Waals surface area contributed by atoms with E-state index >= 15 is 0 Å². The lowest BCUT2D eigenvalue weighted by Gasteiger charge is -2.47. The van der Waals surface area contributed by atoms with E-state index in [1.807, 2.05) is 0 Å². The largest absolute Gasteiger partial charge is 0.390 e. The third-order valence-corrected chi connectivity index (χ3v) is 9.96. The van der Waals surface area contributed by atoms with Crippen LogP contribution in [0.1, 0.15) is 90.9 Å². The molecular formula is C20H33IO2.